The second-order valence-corrected chi connectivity index (χ2v) is 18.3. The Morgan fingerprint density at radius 2 is 0.603 bits per heavy atom. The Kier molecular flexibility index (Phi) is 43.7. The molecule has 0 amide bonds. The molecule has 0 aromatic carbocycles. The van der Waals surface area contributed by atoms with Crippen LogP contribution >= 0.6 is 0 Å². The Morgan fingerprint density at radius 1 is 0.345 bits per heavy atom. The van der Waals surface area contributed by atoms with Crippen molar-refractivity contribution >= 4 is 17.9 Å². The second-order valence-electron chi connectivity index (χ2n) is 18.3. The first-order valence-corrected chi connectivity index (χ1v) is 25.8. The summed E-state index contributed by atoms with van der Waals surface area (Å²) in [7, 11) is 0. The van der Waals surface area contributed by atoms with Gasteiger partial charge in [-0.2, -0.15) is 0 Å². The van der Waals surface area contributed by atoms with Crippen molar-refractivity contribution < 1.29 is 28.6 Å². The van der Waals surface area contributed by atoms with Gasteiger partial charge in [0, 0.05) is 19.3 Å². The van der Waals surface area contributed by atoms with Crippen LogP contribution in [0.1, 0.15) is 285 Å². The molecule has 6 heteroatoms. The molecule has 0 N–H and O–H groups in total. The predicted octanol–water partition coefficient (Wildman–Crippen LogP) is 16.5. The van der Waals surface area contributed by atoms with Crippen LogP contribution in [0.3, 0.4) is 0 Å². The van der Waals surface area contributed by atoms with E-state index in [-0.39, 0.29) is 31.1 Å². The number of hydrogen-bond acceptors (Lipinski definition) is 6. The van der Waals surface area contributed by atoms with Crippen LogP contribution in [0.25, 0.3) is 0 Å². The zero-order valence-corrected chi connectivity index (χ0v) is 39.7. The Balaban J connectivity index is 4.29. The van der Waals surface area contributed by atoms with Gasteiger partial charge in [-0.05, 0) is 31.1 Å². The van der Waals surface area contributed by atoms with Crippen LogP contribution in [0.2, 0.25) is 0 Å². The van der Waals surface area contributed by atoms with Crippen LogP contribution in [-0.4, -0.2) is 37.2 Å². The molecule has 0 aliphatic carbocycles. The molecule has 0 heterocycles. The molecular formula is C52H100O6. The van der Waals surface area contributed by atoms with Crippen LogP contribution in [0.15, 0.2) is 0 Å². The summed E-state index contributed by atoms with van der Waals surface area (Å²) in [6.07, 6.45) is 45.1. The van der Waals surface area contributed by atoms with Gasteiger partial charge in [0.2, 0.25) is 0 Å². The molecule has 58 heavy (non-hydrogen) atoms. The third kappa shape index (κ3) is 42.5. The van der Waals surface area contributed by atoms with Gasteiger partial charge in [-0.25, -0.2) is 0 Å². The number of hydrogen-bond donors (Lipinski definition) is 0. The highest BCUT2D eigenvalue weighted by atomic mass is 16.6. The molecule has 3 atom stereocenters. The number of ether oxygens (including phenoxy) is 3. The van der Waals surface area contributed by atoms with Crippen LogP contribution in [0, 0.1) is 11.8 Å². The molecule has 0 spiro atoms. The van der Waals surface area contributed by atoms with Crippen molar-refractivity contribution in [3.8, 4) is 0 Å². The molecule has 344 valence electrons. The maximum Gasteiger partial charge on any atom is 0.306 e. The van der Waals surface area contributed by atoms with Gasteiger partial charge in [0.15, 0.2) is 6.10 Å². The van der Waals surface area contributed by atoms with Gasteiger partial charge >= 0.3 is 17.9 Å². The minimum absolute atomic E-state index is 0.0643. The SMILES string of the molecule is CCCCCCCCCCCCCCC(=O)OC[C@@H](COC(=O)CCCCCCCCC(C)CC)OC(=O)CCCCCCCCCCCCCCCCC(C)CC. The Labute approximate surface area is 361 Å². The quantitative estimate of drug-likeness (QED) is 0.0346. The highest BCUT2D eigenvalue weighted by molar-refractivity contribution is 5.71. The summed E-state index contributed by atoms with van der Waals surface area (Å²) in [5.41, 5.74) is 0. The summed E-state index contributed by atoms with van der Waals surface area (Å²) >= 11 is 0. The van der Waals surface area contributed by atoms with Gasteiger partial charge in [-0.1, -0.05) is 247 Å². The molecule has 0 aromatic heterocycles. The van der Waals surface area contributed by atoms with Crippen molar-refractivity contribution in [1.29, 1.82) is 0 Å². The first-order valence-electron chi connectivity index (χ1n) is 25.8. The van der Waals surface area contributed by atoms with Gasteiger partial charge in [0.1, 0.15) is 13.2 Å². The van der Waals surface area contributed by atoms with E-state index in [1.165, 1.54) is 173 Å². The van der Waals surface area contributed by atoms with Gasteiger partial charge in [0.05, 0.1) is 0 Å². The summed E-state index contributed by atoms with van der Waals surface area (Å²) in [4.78, 5) is 37.9. The summed E-state index contributed by atoms with van der Waals surface area (Å²) in [6, 6.07) is 0. The van der Waals surface area contributed by atoms with E-state index in [1.54, 1.807) is 0 Å². The van der Waals surface area contributed by atoms with Crippen molar-refractivity contribution in [3.05, 3.63) is 0 Å². The van der Waals surface area contributed by atoms with E-state index in [9.17, 15) is 14.4 Å². The number of unbranched alkanes of at least 4 members (excludes halogenated alkanes) is 29. The molecule has 0 aliphatic heterocycles. The lowest BCUT2D eigenvalue weighted by molar-refractivity contribution is -0.167. The van der Waals surface area contributed by atoms with Crippen molar-refractivity contribution in [2.75, 3.05) is 13.2 Å². The highest BCUT2D eigenvalue weighted by Crippen LogP contribution is 2.18. The van der Waals surface area contributed by atoms with Crippen molar-refractivity contribution in [3.63, 3.8) is 0 Å². The number of rotatable bonds is 46. The zero-order valence-electron chi connectivity index (χ0n) is 39.7. The fourth-order valence-electron chi connectivity index (χ4n) is 7.75. The Morgan fingerprint density at radius 3 is 0.897 bits per heavy atom. The van der Waals surface area contributed by atoms with E-state index in [2.05, 4.69) is 34.6 Å². The molecular weight excluding hydrogens is 721 g/mol. The van der Waals surface area contributed by atoms with E-state index in [0.717, 1.165) is 69.6 Å². The standard InChI is InChI=1S/C52H100O6/c1-6-9-10-11-12-13-14-20-23-26-32-37-42-50(53)56-45-49(46-57-51(54)43-38-33-29-28-31-36-41-48(5)8-3)58-52(55)44-39-34-27-24-21-18-16-15-17-19-22-25-30-35-40-47(4)7-2/h47-49H,6-46H2,1-5H3/t47?,48?,49-/m0/s1. The topological polar surface area (TPSA) is 78.9 Å². The molecule has 0 radical (unpaired) electrons. The highest BCUT2D eigenvalue weighted by Gasteiger charge is 2.19. The maximum absolute atomic E-state index is 12.8. The van der Waals surface area contributed by atoms with Crippen LogP contribution in [-0.2, 0) is 28.6 Å². The summed E-state index contributed by atoms with van der Waals surface area (Å²) < 4.78 is 16.8. The van der Waals surface area contributed by atoms with Crippen LogP contribution in [0.5, 0.6) is 0 Å². The molecule has 0 bridgehead atoms. The molecule has 0 saturated heterocycles. The molecule has 0 fully saturated rings. The maximum atomic E-state index is 12.8. The molecule has 0 aromatic rings. The number of carbonyl (C=O) groups excluding carboxylic acids is 3. The van der Waals surface area contributed by atoms with Gasteiger partial charge in [-0.15, -0.1) is 0 Å². The van der Waals surface area contributed by atoms with E-state index < -0.39 is 6.10 Å². The predicted molar refractivity (Wildman–Crippen MR) is 247 cm³/mol. The van der Waals surface area contributed by atoms with Crippen LogP contribution in [0.4, 0.5) is 0 Å². The zero-order chi connectivity index (χ0) is 42.6. The monoisotopic (exact) mass is 821 g/mol. The second kappa shape index (κ2) is 44.9. The number of carbonyl (C=O) groups is 3. The van der Waals surface area contributed by atoms with E-state index in [0.29, 0.717) is 19.3 Å². The van der Waals surface area contributed by atoms with Crippen molar-refractivity contribution in [2.45, 2.75) is 291 Å². The molecule has 0 aliphatic rings. The van der Waals surface area contributed by atoms with Gasteiger partial charge < -0.3 is 14.2 Å². The normalized spacial score (nSPS) is 13.0. The van der Waals surface area contributed by atoms with E-state index in [1.807, 2.05) is 0 Å². The smallest absolute Gasteiger partial charge is 0.306 e. The van der Waals surface area contributed by atoms with Crippen molar-refractivity contribution in [2.24, 2.45) is 11.8 Å². The molecule has 0 rings (SSSR count). The molecule has 6 nitrogen and oxygen atoms in total. The lowest BCUT2D eigenvalue weighted by Gasteiger charge is -2.18. The van der Waals surface area contributed by atoms with Crippen LogP contribution < -0.4 is 0 Å². The minimum atomic E-state index is -0.762. The number of esters is 3. The largest absolute Gasteiger partial charge is 0.462 e. The first kappa shape index (κ1) is 56.4. The third-order valence-electron chi connectivity index (χ3n) is 12.4. The average molecular weight is 821 g/mol. The van der Waals surface area contributed by atoms with E-state index >= 15 is 0 Å². The fraction of sp³-hybridized carbons (Fsp3) is 0.942. The first-order chi connectivity index (χ1) is 28.3. The Bertz CT molecular complexity index is 889. The summed E-state index contributed by atoms with van der Waals surface area (Å²) in [5.74, 6) is 0.857. The van der Waals surface area contributed by atoms with Gasteiger partial charge in [-0.3, -0.25) is 14.4 Å². The average Bonchev–Trinajstić information content (AvgIpc) is 3.22. The van der Waals surface area contributed by atoms with E-state index in [4.69, 9.17) is 14.2 Å². The Hall–Kier alpha value is -1.59. The molecule has 2 unspecified atom stereocenters. The lowest BCUT2D eigenvalue weighted by Crippen LogP contribution is -2.30. The fourth-order valence-corrected chi connectivity index (χ4v) is 7.75. The lowest BCUT2D eigenvalue weighted by atomic mass is 9.99. The van der Waals surface area contributed by atoms with Crippen molar-refractivity contribution in [1.82, 2.24) is 0 Å². The summed E-state index contributed by atoms with van der Waals surface area (Å²) in [5, 5.41) is 0. The minimum Gasteiger partial charge on any atom is -0.462 e. The summed E-state index contributed by atoms with van der Waals surface area (Å²) in [6.45, 7) is 11.4. The van der Waals surface area contributed by atoms with Gasteiger partial charge in [0.25, 0.3) is 0 Å². The molecule has 0 saturated carbocycles. The third-order valence-corrected chi connectivity index (χ3v) is 12.4.